The molecular formula is C16H18N2O6. The molecule has 0 radical (unpaired) electrons. The lowest BCUT2D eigenvalue weighted by Gasteiger charge is -2.39. The Hall–Kier alpha value is -2.87. The van der Waals surface area contributed by atoms with Crippen LogP contribution in [0.2, 0.25) is 0 Å². The van der Waals surface area contributed by atoms with Gasteiger partial charge in [-0.05, 0) is 24.6 Å². The van der Waals surface area contributed by atoms with Crippen LogP contribution in [0.1, 0.15) is 6.92 Å². The number of likely N-dealkylation sites (tertiary alicyclic amines) is 1. The topological polar surface area (TPSA) is 116 Å². The number of aliphatic hydroxyl groups is 1. The molecule has 0 saturated carbocycles. The lowest BCUT2D eigenvalue weighted by atomic mass is 10.0. The molecular weight excluding hydrogens is 316 g/mol. The van der Waals surface area contributed by atoms with E-state index in [-0.39, 0.29) is 24.4 Å². The first-order valence-corrected chi connectivity index (χ1v) is 7.26. The molecule has 0 spiro atoms. The zero-order chi connectivity index (χ0) is 17.7. The molecule has 1 saturated heterocycles. The third kappa shape index (κ3) is 3.90. The molecule has 2 amide bonds. The molecule has 1 aliphatic rings. The maximum Gasteiger partial charge on any atom is 0.352 e. The zero-order valence-electron chi connectivity index (χ0n) is 13.1. The van der Waals surface area contributed by atoms with E-state index in [1.54, 1.807) is 24.3 Å². The van der Waals surface area contributed by atoms with Crippen molar-refractivity contribution in [3.63, 3.8) is 0 Å². The largest absolute Gasteiger partial charge is 0.484 e. The highest BCUT2D eigenvalue weighted by Gasteiger charge is 2.42. The summed E-state index contributed by atoms with van der Waals surface area (Å²) >= 11 is 0. The molecule has 1 unspecified atom stereocenters. The van der Waals surface area contributed by atoms with Crippen LogP contribution in [0.5, 0.6) is 5.75 Å². The number of β-lactam (4-membered cyclic amide) rings is 1. The van der Waals surface area contributed by atoms with E-state index in [4.69, 9.17) is 14.9 Å². The molecule has 8 heteroatoms. The summed E-state index contributed by atoms with van der Waals surface area (Å²) in [6.07, 6.45) is 0. The van der Waals surface area contributed by atoms with E-state index in [1.807, 2.05) is 6.07 Å². The summed E-state index contributed by atoms with van der Waals surface area (Å²) in [6, 6.07) is 7.96. The van der Waals surface area contributed by atoms with Crippen LogP contribution in [0, 0.1) is 0 Å². The number of rotatable bonds is 7. The van der Waals surface area contributed by atoms with Crippen LogP contribution in [0.25, 0.3) is 0 Å². The van der Waals surface area contributed by atoms with Gasteiger partial charge in [-0.25, -0.2) is 4.79 Å². The molecule has 3 N–H and O–H groups in total. The molecule has 128 valence electrons. The van der Waals surface area contributed by atoms with Gasteiger partial charge >= 0.3 is 5.97 Å². The highest BCUT2D eigenvalue weighted by Crippen LogP contribution is 2.20. The van der Waals surface area contributed by atoms with Gasteiger partial charge in [-0.2, -0.15) is 0 Å². The van der Waals surface area contributed by atoms with Crippen LogP contribution >= 0.6 is 0 Å². The van der Waals surface area contributed by atoms with Gasteiger partial charge in [0.1, 0.15) is 17.5 Å². The van der Waals surface area contributed by atoms with Crippen molar-refractivity contribution in [3.05, 3.63) is 41.6 Å². The Morgan fingerprint density at radius 3 is 2.54 bits per heavy atom. The summed E-state index contributed by atoms with van der Waals surface area (Å²) < 4.78 is 5.27. The predicted molar refractivity (Wildman–Crippen MR) is 83.0 cm³/mol. The monoisotopic (exact) mass is 334 g/mol. The molecule has 1 aromatic carbocycles. The maximum absolute atomic E-state index is 12.0. The number of carboxylic acids is 1. The molecule has 2 rings (SSSR count). The molecule has 0 aliphatic carbocycles. The summed E-state index contributed by atoms with van der Waals surface area (Å²) in [4.78, 5) is 36.0. The smallest absolute Gasteiger partial charge is 0.352 e. The maximum atomic E-state index is 12.0. The van der Waals surface area contributed by atoms with Crippen LogP contribution in [-0.4, -0.2) is 58.7 Å². The highest BCUT2D eigenvalue weighted by atomic mass is 16.5. The number of carbonyl (C=O) groups excluding carboxylic acids is 2. The van der Waals surface area contributed by atoms with Gasteiger partial charge in [-0.1, -0.05) is 18.2 Å². The van der Waals surface area contributed by atoms with Crippen molar-refractivity contribution in [2.75, 3.05) is 19.8 Å². The van der Waals surface area contributed by atoms with E-state index in [2.05, 4.69) is 5.32 Å². The number of aliphatic carboxylic acids is 1. The number of carbonyl (C=O) groups is 3. The summed E-state index contributed by atoms with van der Waals surface area (Å²) in [6.45, 7) is 0.754. The second-order valence-electron chi connectivity index (χ2n) is 5.26. The van der Waals surface area contributed by atoms with E-state index < -0.39 is 30.4 Å². The van der Waals surface area contributed by atoms with Gasteiger partial charge in [0.2, 0.25) is 0 Å². The van der Waals surface area contributed by atoms with Crippen molar-refractivity contribution in [3.8, 4) is 5.75 Å². The molecule has 8 nitrogen and oxygen atoms in total. The van der Waals surface area contributed by atoms with Gasteiger partial charge in [-0.3, -0.25) is 9.59 Å². The first-order valence-electron chi connectivity index (χ1n) is 7.26. The zero-order valence-corrected chi connectivity index (χ0v) is 13.1. The molecule has 24 heavy (non-hydrogen) atoms. The second-order valence-corrected chi connectivity index (χ2v) is 5.26. The molecule has 0 bridgehead atoms. The number of aliphatic hydroxyl groups excluding tert-OH is 1. The quantitative estimate of drug-likeness (QED) is 0.467. The number of hydrogen-bond donors (Lipinski definition) is 3. The van der Waals surface area contributed by atoms with Crippen LogP contribution in [0.15, 0.2) is 41.6 Å². The van der Waals surface area contributed by atoms with E-state index in [1.165, 1.54) is 6.92 Å². The number of ether oxygens (including phenoxy) is 1. The fourth-order valence-electron chi connectivity index (χ4n) is 2.24. The van der Waals surface area contributed by atoms with Crippen LogP contribution in [-0.2, 0) is 14.4 Å². The van der Waals surface area contributed by atoms with Crippen LogP contribution in [0.4, 0.5) is 0 Å². The minimum atomic E-state index is -1.30. The standard InChI is InChI=1S/C16H18N2O6/c1-10(8-19)14(16(22)23)18-7-12(15(18)21)17-13(20)9-24-11-5-3-2-4-6-11/h2-6,12,19H,7-9H2,1H3,(H,17,20)(H,22,23)/b14-10-. The van der Waals surface area contributed by atoms with E-state index in [0.717, 1.165) is 4.90 Å². The van der Waals surface area contributed by atoms with Gasteiger partial charge in [0.25, 0.3) is 11.8 Å². The van der Waals surface area contributed by atoms with Gasteiger partial charge in [-0.15, -0.1) is 0 Å². The van der Waals surface area contributed by atoms with E-state index in [9.17, 15) is 14.4 Å². The SMILES string of the molecule is C/C(CO)=C(\C(=O)O)N1CC(NC(=O)COc2ccccc2)C1=O. The number of para-hydroxylation sites is 1. The van der Waals surface area contributed by atoms with Crippen molar-refractivity contribution < 1.29 is 29.3 Å². The molecule has 1 aromatic rings. The van der Waals surface area contributed by atoms with Gasteiger partial charge < -0.3 is 25.2 Å². The van der Waals surface area contributed by atoms with Crippen molar-refractivity contribution in [1.82, 2.24) is 10.2 Å². The normalized spacial score (nSPS) is 17.7. The predicted octanol–water partition coefficient (Wildman–Crippen LogP) is -0.257. The lowest BCUT2D eigenvalue weighted by Crippen LogP contribution is -2.64. The average Bonchev–Trinajstić information content (AvgIpc) is 2.58. The number of benzene rings is 1. The van der Waals surface area contributed by atoms with E-state index in [0.29, 0.717) is 5.75 Å². The number of carboxylic acid groups (broad SMARTS) is 1. The van der Waals surface area contributed by atoms with Crippen LogP contribution in [0.3, 0.4) is 0 Å². The first kappa shape index (κ1) is 17.5. The van der Waals surface area contributed by atoms with Crippen molar-refractivity contribution in [1.29, 1.82) is 0 Å². The Morgan fingerprint density at radius 1 is 1.33 bits per heavy atom. The Bertz CT molecular complexity index is 670. The Kier molecular flexibility index (Phi) is 5.54. The van der Waals surface area contributed by atoms with Gasteiger partial charge in [0.15, 0.2) is 6.61 Å². The minimum absolute atomic E-state index is 0.0366. The van der Waals surface area contributed by atoms with Gasteiger partial charge in [0, 0.05) is 0 Å². The second kappa shape index (κ2) is 7.60. The fourth-order valence-corrected chi connectivity index (χ4v) is 2.24. The number of nitrogens with zero attached hydrogens (tertiary/aromatic N) is 1. The molecule has 1 fully saturated rings. The highest BCUT2D eigenvalue weighted by molar-refractivity contribution is 6.00. The summed E-state index contributed by atoms with van der Waals surface area (Å²) in [5.74, 6) is -1.78. The molecule has 1 atom stereocenters. The Morgan fingerprint density at radius 2 is 2.00 bits per heavy atom. The van der Waals surface area contributed by atoms with Gasteiger partial charge in [0.05, 0.1) is 13.2 Å². The Labute approximate surface area is 138 Å². The third-order valence-corrected chi connectivity index (χ3v) is 3.49. The Balaban J connectivity index is 1.87. The van der Waals surface area contributed by atoms with Crippen molar-refractivity contribution in [2.24, 2.45) is 0 Å². The summed E-state index contributed by atoms with van der Waals surface area (Å²) in [5, 5.41) is 20.7. The fraction of sp³-hybridized carbons (Fsp3) is 0.312. The molecule has 0 aromatic heterocycles. The number of amides is 2. The van der Waals surface area contributed by atoms with Crippen molar-refractivity contribution in [2.45, 2.75) is 13.0 Å². The number of nitrogens with one attached hydrogen (secondary N) is 1. The molecule has 1 heterocycles. The average molecular weight is 334 g/mol. The summed E-state index contributed by atoms with van der Waals surface area (Å²) in [5.41, 5.74) is -0.0819. The first-order chi connectivity index (χ1) is 11.4. The van der Waals surface area contributed by atoms with Crippen LogP contribution < -0.4 is 10.1 Å². The van der Waals surface area contributed by atoms with E-state index >= 15 is 0 Å². The lowest BCUT2D eigenvalue weighted by molar-refractivity contribution is -0.149. The number of hydrogen-bond acceptors (Lipinski definition) is 5. The molecule has 1 aliphatic heterocycles. The third-order valence-electron chi connectivity index (χ3n) is 3.49. The summed E-state index contributed by atoms with van der Waals surface area (Å²) in [7, 11) is 0. The minimum Gasteiger partial charge on any atom is -0.484 e. The van der Waals surface area contributed by atoms with Crippen molar-refractivity contribution >= 4 is 17.8 Å².